The van der Waals surface area contributed by atoms with Crippen LogP contribution in [0.1, 0.15) is 35.2 Å². The van der Waals surface area contributed by atoms with E-state index >= 15 is 0 Å². The summed E-state index contributed by atoms with van der Waals surface area (Å²) < 4.78 is 0. The first-order chi connectivity index (χ1) is 14.0. The van der Waals surface area contributed by atoms with Crippen molar-refractivity contribution in [2.75, 3.05) is 13.6 Å². The fourth-order valence-corrected chi connectivity index (χ4v) is 5.60. The third-order valence-corrected chi connectivity index (χ3v) is 7.13. The minimum absolute atomic E-state index is 0.105. The van der Waals surface area contributed by atoms with E-state index in [0.717, 1.165) is 31.6 Å². The zero-order valence-electron chi connectivity index (χ0n) is 17.3. The third-order valence-electron chi connectivity index (χ3n) is 6.22. The molecule has 1 unspecified atom stereocenters. The number of hydrogen-bond donors (Lipinski definition) is 1. The molecule has 4 heteroatoms. The molecule has 0 amide bonds. The molecule has 0 saturated heterocycles. The summed E-state index contributed by atoms with van der Waals surface area (Å²) >= 11 is 1.79. The Labute approximate surface area is 176 Å². The van der Waals surface area contributed by atoms with Crippen LogP contribution in [0.5, 0.6) is 0 Å². The van der Waals surface area contributed by atoms with E-state index in [1.54, 1.807) is 11.3 Å². The summed E-state index contributed by atoms with van der Waals surface area (Å²) in [5.74, 6) is 0. The van der Waals surface area contributed by atoms with Gasteiger partial charge >= 0.3 is 0 Å². The van der Waals surface area contributed by atoms with Gasteiger partial charge in [0.25, 0.3) is 0 Å². The van der Waals surface area contributed by atoms with Crippen molar-refractivity contribution in [1.29, 1.82) is 0 Å². The number of aromatic nitrogens is 2. The minimum atomic E-state index is 0.105. The second-order valence-corrected chi connectivity index (χ2v) is 9.70. The van der Waals surface area contributed by atoms with E-state index in [4.69, 9.17) is 4.98 Å². The summed E-state index contributed by atoms with van der Waals surface area (Å²) in [5, 5.41) is 4.81. The van der Waals surface area contributed by atoms with Gasteiger partial charge in [-0.2, -0.15) is 0 Å². The average molecular weight is 402 g/mol. The van der Waals surface area contributed by atoms with E-state index in [2.05, 4.69) is 84.7 Å². The average Bonchev–Trinajstić information content (AvgIpc) is 3.33. The van der Waals surface area contributed by atoms with Gasteiger partial charge in [0.15, 0.2) is 0 Å². The molecule has 0 aliphatic carbocycles. The molecule has 0 saturated carbocycles. The molecule has 0 bridgehead atoms. The topological polar surface area (TPSA) is 31.9 Å². The van der Waals surface area contributed by atoms with Gasteiger partial charge in [-0.15, -0.1) is 11.3 Å². The van der Waals surface area contributed by atoms with Crippen LogP contribution in [0.4, 0.5) is 0 Å². The van der Waals surface area contributed by atoms with Gasteiger partial charge in [-0.3, -0.25) is 0 Å². The van der Waals surface area contributed by atoms with Gasteiger partial charge in [0.05, 0.1) is 10.7 Å². The number of aromatic amines is 1. The highest BCUT2D eigenvalue weighted by atomic mass is 32.1. The van der Waals surface area contributed by atoms with E-state index in [-0.39, 0.29) is 5.41 Å². The number of likely N-dealkylation sites (N-methyl/N-ethyl adjacent to an activating group) is 1. The molecule has 29 heavy (non-hydrogen) atoms. The van der Waals surface area contributed by atoms with Crippen molar-refractivity contribution in [3.63, 3.8) is 0 Å². The maximum absolute atomic E-state index is 4.92. The standard InChI is InChI=1S/C25H27N3S/c1-17-9-10-21-19(13-17)20-14-28(3)16-25(2,24(20)27-21)12-11-23-26-22(15-29-23)18-7-5-4-6-8-18/h4-10,13,15,27H,11-12,14,16H2,1-3H3. The number of fused-ring (bicyclic) bond motifs is 3. The van der Waals surface area contributed by atoms with Crippen LogP contribution in [0.2, 0.25) is 0 Å². The van der Waals surface area contributed by atoms with Crippen LogP contribution in [0.15, 0.2) is 53.9 Å². The Balaban J connectivity index is 1.43. The van der Waals surface area contributed by atoms with Crippen LogP contribution >= 0.6 is 11.3 Å². The van der Waals surface area contributed by atoms with Crippen LogP contribution in [0.3, 0.4) is 0 Å². The molecule has 0 spiro atoms. The van der Waals surface area contributed by atoms with E-state index in [9.17, 15) is 0 Å². The Hall–Kier alpha value is -2.43. The molecule has 3 nitrogen and oxygen atoms in total. The fourth-order valence-electron chi connectivity index (χ4n) is 4.80. The van der Waals surface area contributed by atoms with Crippen molar-refractivity contribution < 1.29 is 0 Å². The van der Waals surface area contributed by atoms with Crippen molar-refractivity contribution in [3.05, 3.63) is 75.7 Å². The lowest BCUT2D eigenvalue weighted by atomic mass is 9.77. The van der Waals surface area contributed by atoms with E-state index in [1.807, 2.05) is 0 Å². The maximum Gasteiger partial charge on any atom is 0.0932 e. The SMILES string of the molecule is Cc1ccc2[nH]c3c(c2c1)CN(C)CC3(C)CCc1nc(-c2ccccc2)cs1. The lowest BCUT2D eigenvalue weighted by molar-refractivity contribution is 0.211. The first-order valence-corrected chi connectivity index (χ1v) is 11.2. The molecular weight excluding hydrogens is 374 g/mol. The van der Waals surface area contributed by atoms with Crippen LogP contribution in [-0.4, -0.2) is 28.5 Å². The molecule has 1 aliphatic heterocycles. The van der Waals surface area contributed by atoms with E-state index < -0.39 is 0 Å². The van der Waals surface area contributed by atoms with Gasteiger partial charge in [0, 0.05) is 52.5 Å². The number of nitrogens with zero attached hydrogens (tertiary/aromatic N) is 2. The van der Waals surface area contributed by atoms with Crippen molar-refractivity contribution >= 4 is 22.2 Å². The molecule has 3 heterocycles. The Bertz CT molecular complexity index is 1160. The number of rotatable bonds is 4. The quantitative estimate of drug-likeness (QED) is 0.459. The normalized spacial score (nSPS) is 19.6. The summed E-state index contributed by atoms with van der Waals surface area (Å²) in [4.78, 5) is 11.2. The highest BCUT2D eigenvalue weighted by Gasteiger charge is 2.37. The molecule has 0 fully saturated rings. The van der Waals surface area contributed by atoms with Crippen molar-refractivity contribution in [2.45, 2.75) is 38.6 Å². The Morgan fingerprint density at radius 3 is 2.83 bits per heavy atom. The lowest BCUT2D eigenvalue weighted by Crippen LogP contribution is -2.42. The molecule has 1 aliphatic rings. The molecule has 0 radical (unpaired) electrons. The molecule has 148 valence electrons. The smallest absolute Gasteiger partial charge is 0.0932 e. The zero-order chi connectivity index (χ0) is 20.0. The van der Waals surface area contributed by atoms with E-state index in [0.29, 0.717) is 0 Å². The Morgan fingerprint density at radius 1 is 1.17 bits per heavy atom. The highest BCUT2D eigenvalue weighted by Crippen LogP contribution is 2.40. The molecule has 1 atom stereocenters. The first kappa shape index (κ1) is 18.6. The second-order valence-electron chi connectivity index (χ2n) is 8.75. The van der Waals surface area contributed by atoms with Crippen molar-refractivity contribution in [3.8, 4) is 11.3 Å². The highest BCUT2D eigenvalue weighted by molar-refractivity contribution is 7.09. The van der Waals surface area contributed by atoms with Crippen LogP contribution in [-0.2, 0) is 18.4 Å². The first-order valence-electron chi connectivity index (χ1n) is 10.3. The summed E-state index contributed by atoms with van der Waals surface area (Å²) in [7, 11) is 2.24. The molecule has 2 aromatic carbocycles. The van der Waals surface area contributed by atoms with Gasteiger partial charge in [-0.25, -0.2) is 4.98 Å². The maximum atomic E-state index is 4.92. The lowest BCUT2D eigenvalue weighted by Gasteiger charge is -2.39. The third kappa shape index (κ3) is 3.41. The van der Waals surface area contributed by atoms with Gasteiger partial charge in [0.2, 0.25) is 0 Å². The van der Waals surface area contributed by atoms with Crippen molar-refractivity contribution in [2.24, 2.45) is 0 Å². The monoisotopic (exact) mass is 401 g/mol. The van der Waals surface area contributed by atoms with Crippen LogP contribution < -0.4 is 0 Å². The van der Waals surface area contributed by atoms with Gasteiger partial charge in [-0.1, -0.05) is 48.9 Å². The number of nitrogens with one attached hydrogen (secondary N) is 1. The number of aryl methyl sites for hydroxylation is 2. The molecule has 2 aromatic heterocycles. The second kappa shape index (κ2) is 7.12. The van der Waals surface area contributed by atoms with Gasteiger partial charge in [0.1, 0.15) is 0 Å². The summed E-state index contributed by atoms with van der Waals surface area (Å²) in [6, 6.07) is 17.2. The number of H-pyrrole nitrogens is 1. The van der Waals surface area contributed by atoms with Crippen LogP contribution in [0.25, 0.3) is 22.2 Å². The number of thiazole rings is 1. The Kier molecular flexibility index (Phi) is 4.56. The Morgan fingerprint density at radius 2 is 2.00 bits per heavy atom. The predicted molar refractivity (Wildman–Crippen MR) is 123 cm³/mol. The molecule has 4 aromatic rings. The molecule has 1 N–H and O–H groups in total. The van der Waals surface area contributed by atoms with Gasteiger partial charge < -0.3 is 9.88 Å². The predicted octanol–water partition coefficient (Wildman–Crippen LogP) is 5.94. The molecule has 5 rings (SSSR count). The van der Waals surface area contributed by atoms with Crippen LogP contribution in [0, 0.1) is 6.92 Å². The largest absolute Gasteiger partial charge is 0.358 e. The number of hydrogen-bond acceptors (Lipinski definition) is 3. The number of benzene rings is 2. The zero-order valence-corrected chi connectivity index (χ0v) is 18.1. The fraction of sp³-hybridized carbons (Fsp3) is 0.320. The summed E-state index contributed by atoms with van der Waals surface area (Å²) in [5.41, 5.74) is 7.90. The summed E-state index contributed by atoms with van der Waals surface area (Å²) in [6.07, 6.45) is 2.10. The molecular formula is C25H27N3S. The summed E-state index contributed by atoms with van der Waals surface area (Å²) in [6.45, 7) is 6.68. The van der Waals surface area contributed by atoms with Crippen molar-refractivity contribution in [1.82, 2.24) is 14.9 Å². The van der Waals surface area contributed by atoms with Gasteiger partial charge in [-0.05, 0) is 38.1 Å². The minimum Gasteiger partial charge on any atom is -0.358 e. The van der Waals surface area contributed by atoms with E-state index in [1.165, 1.54) is 38.3 Å².